The second-order valence-corrected chi connectivity index (χ2v) is 7.11. The van der Waals surface area contributed by atoms with Crippen LogP contribution >= 0.6 is 23.2 Å². The van der Waals surface area contributed by atoms with Crippen molar-refractivity contribution in [2.75, 3.05) is 24.5 Å². The fourth-order valence-corrected chi connectivity index (χ4v) is 3.70. The zero-order valence-corrected chi connectivity index (χ0v) is 15.6. The fourth-order valence-electron chi connectivity index (χ4n) is 3.20. The third kappa shape index (κ3) is 4.75. The van der Waals surface area contributed by atoms with Crippen molar-refractivity contribution >= 4 is 34.8 Å². The van der Waals surface area contributed by atoms with Crippen molar-refractivity contribution in [3.8, 4) is 0 Å². The van der Waals surface area contributed by atoms with Crippen molar-refractivity contribution in [1.29, 1.82) is 0 Å². The van der Waals surface area contributed by atoms with Crippen LogP contribution in [0.2, 0.25) is 10.0 Å². The number of rotatable bonds is 6. The van der Waals surface area contributed by atoms with Gasteiger partial charge in [0.15, 0.2) is 0 Å². The summed E-state index contributed by atoms with van der Waals surface area (Å²) in [6, 6.07) is 13.7. The molecule has 1 heterocycles. The van der Waals surface area contributed by atoms with Crippen LogP contribution in [0, 0.1) is 0 Å². The first-order chi connectivity index (χ1) is 12.1. The van der Waals surface area contributed by atoms with Gasteiger partial charge in [0, 0.05) is 35.2 Å². The molecular formula is C20H22Cl2N2O. The smallest absolute Gasteiger partial charge is 0.228 e. The summed E-state index contributed by atoms with van der Waals surface area (Å²) in [6.07, 6.45) is 3.41. The number of hydrogen-bond acceptors (Lipinski definition) is 2. The Morgan fingerprint density at radius 3 is 2.80 bits per heavy atom. The zero-order valence-electron chi connectivity index (χ0n) is 14.1. The van der Waals surface area contributed by atoms with Crippen LogP contribution in [0.4, 0.5) is 5.69 Å². The Hall–Kier alpha value is -1.55. The van der Waals surface area contributed by atoms with E-state index in [4.69, 9.17) is 23.2 Å². The molecule has 0 radical (unpaired) electrons. The maximum absolute atomic E-state index is 12.5. The molecule has 0 aliphatic carbocycles. The number of aryl methyl sites for hydroxylation is 1. The summed E-state index contributed by atoms with van der Waals surface area (Å²) in [5.41, 5.74) is 3.41. The third-order valence-corrected chi connectivity index (χ3v) is 5.10. The molecular weight excluding hydrogens is 355 g/mol. The molecule has 0 unspecified atom stereocenters. The highest BCUT2D eigenvalue weighted by molar-refractivity contribution is 6.35. The van der Waals surface area contributed by atoms with Crippen LogP contribution < -0.4 is 10.2 Å². The van der Waals surface area contributed by atoms with E-state index in [9.17, 15) is 4.79 Å². The molecule has 0 spiro atoms. The molecule has 0 fully saturated rings. The van der Waals surface area contributed by atoms with Crippen molar-refractivity contribution in [3.63, 3.8) is 0 Å². The third-order valence-electron chi connectivity index (χ3n) is 4.51. The van der Waals surface area contributed by atoms with Crippen LogP contribution in [0.3, 0.4) is 0 Å². The Morgan fingerprint density at radius 1 is 1.12 bits per heavy atom. The first-order valence-electron chi connectivity index (χ1n) is 8.68. The maximum atomic E-state index is 12.5. The quantitative estimate of drug-likeness (QED) is 0.752. The molecule has 1 N–H and O–H groups in total. The molecule has 0 aromatic heterocycles. The van der Waals surface area contributed by atoms with Crippen LogP contribution in [0.5, 0.6) is 0 Å². The minimum Gasteiger partial charge on any atom is -0.316 e. The van der Waals surface area contributed by atoms with Gasteiger partial charge in [-0.25, -0.2) is 0 Å². The lowest BCUT2D eigenvalue weighted by Crippen LogP contribution is -2.37. The minimum absolute atomic E-state index is 0.184. The van der Waals surface area contributed by atoms with Crippen molar-refractivity contribution in [3.05, 3.63) is 63.6 Å². The van der Waals surface area contributed by atoms with Crippen molar-refractivity contribution < 1.29 is 4.79 Å². The molecule has 0 saturated carbocycles. The minimum atomic E-state index is 0.184. The molecule has 2 aromatic carbocycles. The molecule has 132 valence electrons. The number of carbonyl (C=O) groups excluding carboxylic acids is 1. The molecule has 1 aliphatic heterocycles. The molecule has 3 rings (SSSR count). The van der Waals surface area contributed by atoms with Gasteiger partial charge in [-0.05, 0) is 55.1 Å². The van der Waals surface area contributed by atoms with Gasteiger partial charge in [-0.3, -0.25) is 4.79 Å². The molecule has 25 heavy (non-hydrogen) atoms. The molecule has 1 amide bonds. The van der Waals surface area contributed by atoms with Gasteiger partial charge in [0.25, 0.3) is 0 Å². The SMILES string of the molecule is O=C(CCNCCc1ccc(Cl)cc1Cl)N1CCCc2ccccc21. The molecule has 0 bridgehead atoms. The normalized spacial score (nSPS) is 13.6. The largest absolute Gasteiger partial charge is 0.316 e. The Bertz CT molecular complexity index is 748. The van der Waals surface area contributed by atoms with E-state index in [0.717, 1.165) is 43.6 Å². The van der Waals surface area contributed by atoms with Gasteiger partial charge in [-0.2, -0.15) is 0 Å². The Morgan fingerprint density at radius 2 is 1.96 bits per heavy atom. The average Bonchev–Trinajstić information content (AvgIpc) is 2.62. The summed E-state index contributed by atoms with van der Waals surface area (Å²) in [7, 11) is 0. The van der Waals surface area contributed by atoms with E-state index in [1.165, 1.54) is 5.56 Å². The number of fused-ring (bicyclic) bond motifs is 1. The average molecular weight is 377 g/mol. The van der Waals surface area contributed by atoms with Crippen LogP contribution in [0.25, 0.3) is 0 Å². The first kappa shape index (κ1) is 18.2. The lowest BCUT2D eigenvalue weighted by molar-refractivity contribution is -0.118. The predicted molar refractivity (Wildman–Crippen MR) is 105 cm³/mol. The number of anilines is 1. The number of para-hydroxylation sites is 1. The predicted octanol–water partition coefficient (Wildman–Crippen LogP) is 4.50. The Kier molecular flexibility index (Phi) is 6.35. The molecule has 5 heteroatoms. The summed E-state index contributed by atoms with van der Waals surface area (Å²) in [5, 5.41) is 4.67. The molecule has 0 atom stereocenters. The van der Waals surface area contributed by atoms with Gasteiger partial charge < -0.3 is 10.2 Å². The van der Waals surface area contributed by atoms with Gasteiger partial charge >= 0.3 is 0 Å². The van der Waals surface area contributed by atoms with E-state index in [-0.39, 0.29) is 5.91 Å². The summed E-state index contributed by atoms with van der Waals surface area (Å²) in [6.45, 7) is 2.27. The van der Waals surface area contributed by atoms with Crippen LogP contribution in [-0.4, -0.2) is 25.5 Å². The zero-order chi connectivity index (χ0) is 17.6. The van der Waals surface area contributed by atoms with Gasteiger partial charge in [0.1, 0.15) is 0 Å². The lowest BCUT2D eigenvalue weighted by Gasteiger charge is -2.29. The topological polar surface area (TPSA) is 32.3 Å². The van der Waals surface area contributed by atoms with Gasteiger partial charge in [-0.15, -0.1) is 0 Å². The van der Waals surface area contributed by atoms with Crippen LogP contribution in [-0.2, 0) is 17.6 Å². The molecule has 2 aromatic rings. The maximum Gasteiger partial charge on any atom is 0.228 e. The number of amides is 1. The number of benzene rings is 2. The molecule has 0 saturated heterocycles. The Labute approximate surface area is 158 Å². The van der Waals surface area contributed by atoms with Crippen molar-refractivity contribution in [2.24, 2.45) is 0 Å². The monoisotopic (exact) mass is 376 g/mol. The van der Waals surface area contributed by atoms with Crippen LogP contribution in [0.15, 0.2) is 42.5 Å². The standard InChI is InChI=1S/C20H22Cl2N2O/c21-17-8-7-15(18(22)14-17)9-11-23-12-10-20(25)24-13-3-5-16-4-1-2-6-19(16)24/h1-2,4,6-8,14,23H,3,5,9-13H2. The van der Waals surface area contributed by atoms with Gasteiger partial charge in [-0.1, -0.05) is 47.5 Å². The van der Waals surface area contributed by atoms with Gasteiger partial charge in [0.2, 0.25) is 5.91 Å². The van der Waals surface area contributed by atoms with E-state index >= 15 is 0 Å². The van der Waals surface area contributed by atoms with Crippen LogP contribution in [0.1, 0.15) is 24.0 Å². The van der Waals surface area contributed by atoms with E-state index < -0.39 is 0 Å². The summed E-state index contributed by atoms with van der Waals surface area (Å²) < 4.78 is 0. The number of nitrogens with one attached hydrogen (secondary N) is 1. The first-order valence-corrected chi connectivity index (χ1v) is 9.43. The summed E-state index contributed by atoms with van der Waals surface area (Å²) in [4.78, 5) is 14.5. The number of halogens is 2. The van der Waals surface area contributed by atoms with Crippen molar-refractivity contribution in [1.82, 2.24) is 5.32 Å². The second-order valence-electron chi connectivity index (χ2n) is 6.26. The van der Waals surface area contributed by atoms with E-state index in [2.05, 4.69) is 11.4 Å². The summed E-state index contributed by atoms with van der Waals surface area (Å²) >= 11 is 12.1. The number of hydrogen-bond donors (Lipinski definition) is 1. The highest BCUT2D eigenvalue weighted by Gasteiger charge is 2.21. The summed E-state index contributed by atoms with van der Waals surface area (Å²) in [5.74, 6) is 0.184. The van der Waals surface area contributed by atoms with Gasteiger partial charge in [0.05, 0.1) is 0 Å². The fraction of sp³-hybridized carbons (Fsp3) is 0.350. The second kappa shape index (κ2) is 8.70. The van der Waals surface area contributed by atoms with Crippen molar-refractivity contribution in [2.45, 2.75) is 25.7 Å². The van der Waals surface area contributed by atoms with E-state index in [0.29, 0.717) is 23.0 Å². The number of nitrogens with zero attached hydrogens (tertiary/aromatic N) is 1. The highest BCUT2D eigenvalue weighted by atomic mass is 35.5. The Balaban J connectivity index is 1.44. The lowest BCUT2D eigenvalue weighted by atomic mass is 10.0. The van der Waals surface area contributed by atoms with E-state index in [1.807, 2.05) is 35.2 Å². The number of carbonyl (C=O) groups is 1. The van der Waals surface area contributed by atoms with E-state index in [1.54, 1.807) is 6.07 Å². The molecule has 3 nitrogen and oxygen atoms in total. The highest BCUT2D eigenvalue weighted by Crippen LogP contribution is 2.27. The molecule has 1 aliphatic rings.